The van der Waals surface area contributed by atoms with E-state index in [4.69, 9.17) is 9.78 Å². The van der Waals surface area contributed by atoms with Crippen molar-refractivity contribution in [3.8, 4) is 0 Å². The molecule has 96 valence electrons. The maximum Gasteiger partial charge on any atom is 0.334 e. The average molecular weight is 249 g/mol. The molecule has 0 aliphatic heterocycles. The highest BCUT2D eigenvalue weighted by Gasteiger charge is 2.12. The molecule has 1 atom stereocenters. The number of benzene rings is 1. The first-order valence-corrected chi connectivity index (χ1v) is 5.32. The van der Waals surface area contributed by atoms with Gasteiger partial charge >= 0.3 is 5.97 Å². The molecule has 0 saturated carbocycles. The molecule has 0 saturated heterocycles. The zero-order valence-electron chi connectivity index (χ0n) is 10.1. The molecule has 0 aliphatic rings. The number of esters is 1. The number of carbonyl (C=O) groups is 1. The summed E-state index contributed by atoms with van der Waals surface area (Å²) in [5.41, 5.74) is 0.971. The van der Waals surface area contributed by atoms with Crippen molar-refractivity contribution in [1.82, 2.24) is 0 Å². The lowest BCUT2D eigenvalue weighted by atomic mass is 10.2. The van der Waals surface area contributed by atoms with Gasteiger partial charge in [0.15, 0.2) is 6.04 Å². The SMILES string of the molecule is C=CC(/N=C\OOCc1ccccc1)C(=O)OC. The van der Waals surface area contributed by atoms with E-state index in [9.17, 15) is 4.79 Å². The molecule has 1 aromatic rings. The minimum absolute atomic E-state index is 0.295. The van der Waals surface area contributed by atoms with Gasteiger partial charge in [0.05, 0.1) is 7.11 Å². The monoisotopic (exact) mass is 249 g/mol. The van der Waals surface area contributed by atoms with Gasteiger partial charge in [-0.25, -0.2) is 9.79 Å². The Hall–Kier alpha value is -2.14. The molecule has 0 amide bonds. The van der Waals surface area contributed by atoms with Crippen molar-refractivity contribution >= 4 is 12.4 Å². The van der Waals surface area contributed by atoms with E-state index < -0.39 is 12.0 Å². The molecule has 0 radical (unpaired) electrons. The van der Waals surface area contributed by atoms with E-state index in [2.05, 4.69) is 16.3 Å². The van der Waals surface area contributed by atoms with Crippen LogP contribution in [-0.2, 0) is 25.9 Å². The highest BCUT2D eigenvalue weighted by atomic mass is 17.2. The zero-order valence-corrected chi connectivity index (χ0v) is 10.1. The van der Waals surface area contributed by atoms with Crippen molar-refractivity contribution in [1.29, 1.82) is 0 Å². The fourth-order valence-electron chi connectivity index (χ4n) is 1.14. The number of nitrogens with zero attached hydrogens (tertiary/aromatic N) is 1. The van der Waals surface area contributed by atoms with E-state index in [0.29, 0.717) is 6.61 Å². The molecule has 1 unspecified atom stereocenters. The molecule has 0 N–H and O–H groups in total. The van der Waals surface area contributed by atoms with Crippen LogP contribution in [0.25, 0.3) is 0 Å². The topological polar surface area (TPSA) is 57.1 Å². The van der Waals surface area contributed by atoms with Gasteiger partial charge in [0, 0.05) is 0 Å². The summed E-state index contributed by atoms with van der Waals surface area (Å²) in [7, 11) is 1.28. The minimum Gasteiger partial charge on any atom is -0.467 e. The summed E-state index contributed by atoms with van der Waals surface area (Å²) in [6.07, 6.45) is 2.40. The predicted molar refractivity (Wildman–Crippen MR) is 66.8 cm³/mol. The Kier molecular flexibility index (Phi) is 6.21. The number of hydrogen-bond acceptors (Lipinski definition) is 5. The largest absolute Gasteiger partial charge is 0.467 e. The second kappa shape index (κ2) is 8.03. The van der Waals surface area contributed by atoms with Crippen LogP contribution in [0.3, 0.4) is 0 Å². The van der Waals surface area contributed by atoms with Crippen LogP contribution in [-0.4, -0.2) is 25.5 Å². The van der Waals surface area contributed by atoms with E-state index in [0.717, 1.165) is 12.0 Å². The maximum absolute atomic E-state index is 11.1. The van der Waals surface area contributed by atoms with Crippen LogP contribution in [0.15, 0.2) is 48.0 Å². The van der Waals surface area contributed by atoms with Crippen molar-refractivity contribution in [3.63, 3.8) is 0 Å². The number of ether oxygens (including phenoxy) is 1. The Morgan fingerprint density at radius 1 is 1.44 bits per heavy atom. The standard InChI is InChI=1S/C13H15NO4/c1-3-12(13(15)16-2)14-10-18-17-9-11-7-5-4-6-8-11/h3-8,10,12H,1,9H2,2H3/b14-10-. The van der Waals surface area contributed by atoms with Crippen molar-refractivity contribution in [3.05, 3.63) is 48.6 Å². The van der Waals surface area contributed by atoms with Gasteiger partial charge in [0.2, 0.25) is 6.40 Å². The highest BCUT2D eigenvalue weighted by Crippen LogP contribution is 2.00. The Bertz CT molecular complexity index is 403. The molecule has 5 nitrogen and oxygen atoms in total. The summed E-state index contributed by atoms with van der Waals surface area (Å²) in [5.74, 6) is -0.507. The molecule has 0 aromatic heterocycles. The Balaban J connectivity index is 2.28. The van der Waals surface area contributed by atoms with Crippen LogP contribution in [0.4, 0.5) is 0 Å². The number of hydrogen-bond donors (Lipinski definition) is 0. The smallest absolute Gasteiger partial charge is 0.334 e. The molecule has 5 heteroatoms. The van der Waals surface area contributed by atoms with Crippen LogP contribution in [0.2, 0.25) is 0 Å². The van der Waals surface area contributed by atoms with Gasteiger partial charge in [-0.2, -0.15) is 4.89 Å². The first-order valence-electron chi connectivity index (χ1n) is 5.32. The molecule has 1 aromatic carbocycles. The Labute approximate surface area is 106 Å². The molecular formula is C13H15NO4. The fourth-order valence-corrected chi connectivity index (χ4v) is 1.14. The van der Waals surface area contributed by atoms with Crippen LogP contribution in [0, 0.1) is 0 Å². The highest BCUT2D eigenvalue weighted by molar-refractivity contribution is 5.79. The van der Waals surface area contributed by atoms with Gasteiger partial charge in [-0.3, -0.25) is 0 Å². The number of methoxy groups -OCH3 is 1. The van der Waals surface area contributed by atoms with Crippen molar-refractivity contribution in [2.24, 2.45) is 4.99 Å². The summed E-state index contributed by atoms with van der Waals surface area (Å²) in [5, 5.41) is 0. The maximum atomic E-state index is 11.1. The van der Waals surface area contributed by atoms with Crippen molar-refractivity contribution < 1.29 is 19.3 Å². The van der Waals surface area contributed by atoms with Crippen LogP contribution < -0.4 is 0 Å². The van der Waals surface area contributed by atoms with Gasteiger partial charge in [-0.15, -0.1) is 6.58 Å². The van der Waals surface area contributed by atoms with Crippen LogP contribution >= 0.6 is 0 Å². The lowest BCUT2D eigenvalue weighted by Crippen LogP contribution is -2.17. The molecule has 0 heterocycles. The second-order valence-electron chi connectivity index (χ2n) is 3.30. The molecule has 0 aliphatic carbocycles. The number of carbonyl (C=O) groups excluding carboxylic acids is 1. The predicted octanol–water partition coefficient (Wildman–Crippen LogP) is 1.89. The third kappa shape index (κ3) is 4.80. The molecular weight excluding hydrogens is 234 g/mol. The van der Waals surface area contributed by atoms with Gasteiger partial charge in [-0.1, -0.05) is 36.4 Å². The average Bonchev–Trinajstić information content (AvgIpc) is 2.43. The van der Waals surface area contributed by atoms with Crippen LogP contribution in [0.5, 0.6) is 0 Å². The van der Waals surface area contributed by atoms with E-state index in [1.807, 2.05) is 30.3 Å². The first-order chi connectivity index (χ1) is 8.77. The Morgan fingerprint density at radius 2 is 2.17 bits per heavy atom. The third-order valence-corrected chi connectivity index (χ3v) is 2.07. The van der Waals surface area contributed by atoms with Crippen molar-refractivity contribution in [2.75, 3.05) is 7.11 Å². The number of rotatable bonds is 7. The van der Waals surface area contributed by atoms with Gasteiger partial charge < -0.3 is 9.62 Å². The third-order valence-electron chi connectivity index (χ3n) is 2.07. The number of aliphatic imine (C=N–C) groups is 1. The molecule has 0 bridgehead atoms. The summed E-state index contributed by atoms with van der Waals surface area (Å²) < 4.78 is 4.51. The molecule has 0 fully saturated rings. The zero-order chi connectivity index (χ0) is 13.2. The molecule has 1 rings (SSSR count). The molecule has 18 heavy (non-hydrogen) atoms. The normalized spacial score (nSPS) is 12.1. The van der Waals surface area contributed by atoms with E-state index in [1.165, 1.54) is 13.2 Å². The summed E-state index contributed by atoms with van der Waals surface area (Å²) in [6, 6.07) is 8.74. The van der Waals surface area contributed by atoms with Crippen molar-refractivity contribution in [2.45, 2.75) is 12.6 Å². The lowest BCUT2D eigenvalue weighted by molar-refractivity contribution is -0.227. The van der Waals surface area contributed by atoms with E-state index >= 15 is 0 Å². The van der Waals surface area contributed by atoms with Crippen LogP contribution in [0.1, 0.15) is 5.56 Å². The Morgan fingerprint density at radius 3 is 2.78 bits per heavy atom. The van der Waals surface area contributed by atoms with E-state index in [-0.39, 0.29) is 0 Å². The summed E-state index contributed by atoms with van der Waals surface area (Å²) in [6.45, 7) is 3.76. The summed E-state index contributed by atoms with van der Waals surface area (Å²) in [4.78, 5) is 24.5. The van der Waals surface area contributed by atoms with Gasteiger partial charge in [0.25, 0.3) is 0 Å². The second-order valence-corrected chi connectivity index (χ2v) is 3.30. The molecule has 0 spiro atoms. The van der Waals surface area contributed by atoms with Gasteiger partial charge in [-0.05, 0) is 5.56 Å². The fraction of sp³-hybridized carbons (Fsp3) is 0.231. The van der Waals surface area contributed by atoms with Gasteiger partial charge in [0.1, 0.15) is 6.61 Å². The lowest BCUT2D eigenvalue weighted by Gasteiger charge is -2.04. The summed E-state index contributed by atoms with van der Waals surface area (Å²) >= 11 is 0. The van der Waals surface area contributed by atoms with E-state index in [1.54, 1.807) is 0 Å². The quantitative estimate of drug-likeness (QED) is 0.141. The minimum atomic E-state index is -0.782. The first kappa shape index (κ1) is 13.9.